The molecule has 3 unspecified atom stereocenters. The summed E-state index contributed by atoms with van der Waals surface area (Å²) < 4.78 is 6.15. The highest BCUT2D eigenvalue weighted by Gasteiger charge is 2.43. The summed E-state index contributed by atoms with van der Waals surface area (Å²) in [5, 5.41) is 22.2. The first-order chi connectivity index (χ1) is 13.5. The maximum atomic E-state index is 11.5. The smallest absolute Gasteiger partial charge is 0.407 e. The second-order valence-electron chi connectivity index (χ2n) is 7.41. The van der Waals surface area contributed by atoms with Crippen LogP contribution in [-0.4, -0.2) is 56.3 Å². The van der Waals surface area contributed by atoms with Gasteiger partial charge in [-0.25, -0.2) is 9.78 Å². The maximum Gasteiger partial charge on any atom is 0.407 e. The Morgan fingerprint density at radius 1 is 1.32 bits per heavy atom. The highest BCUT2D eigenvalue weighted by Crippen LogP contribution is 2.38. The molecule has 3 atom stereocenters. The predicted octanol–water partition coefficient (Wildman–Crippen LogP) is 3.34. The van der Waals surface area contributed by atoms with Crippen molar-refractivity contribution in [3.8, 4) is 10.6 Å². The van der Waals surface area contributed by atoms with Crippen molar-refractivity contribution in [2.24, 2.45) is 0 Å². The van der Waals surface area contributed by atoms with Crippen LogP contribution in [0.15, 0.2) is 28.1 Å². The minimum atomic E-state index is -0.850. The van der Waals surface area contributed by atoms with E-state index in [2.05, 4.69) is 9.97 Å². The van der Waals surface area contributed by atoms with Gasteiger partial charge in [-0.2, -0.15) is 4.98 Å². The SMILES string of the molecule is CC(O)c1cc(-c2nccs2)c2oc(N3CC4CCC(C3)N4C(=O)O)nc2c1. The van der Waals surface area contributed by atoms with E-state index in [4.69, 9.17) is 4.42 Å². The monoisotopic (exact) mass is 400 g/mol. The van der Waals surface area contributed by atoms with Crippen molar-refractivity contribution in [1.29, 1.82) is 0 Å². The van der Waals surface area contributed by atoms with Crippen molar-refractivity contribution >= 4 is 34.5 Å². The van der Waals surface area contributed by atoms with Gasteiger partial charge in [-0.05, 0) is 37.5 Å². The van der Waals surface area contributed by atoms with Gasteiger partial charge in [-0.1, -0.05) is 0 Å². The first-order valence-electron chi connectivity index (χ1n) is 9.30. The lowest BCUT2D eigenvalue weighted by Crippen LogP contribution is -2.55. The number of benzene rings is 1. The highest BCUT2D eigenvalue weighted by atomic mass is 32.1. The van der Waals surface area contributed by atoms with E-state index in [1.807, 2.05) is 22.4 Å². The molecule has 8 nitrogen and oxygen atoms in total. The molecule has 0 radical (unpaired) electrons. The van der Waals surface area contributed by atoms with Crippen molar-refractivity contribution < 1.29 is 19.4 Å². The molecular weight excluding hydrogens is 380 g/mol. The standard InChI is InChI=1S/C19H20N4O4S/c1-10(24)11-6-14(17-20-4-5-28-17)16-15(7-11)21-18(27-16)22-8-12-2-3-13(9-22)23(12)19(25)26/h4-7,10,12-13,24H,2-3,8-9H2,1H3,(H,25,26). The Labute approximate surface area is 165 Å². The summed E-state index contributed by atoms with van der Waals surface area (Å²) in [6.45, 7) is 2.87. The van der Waals surface area contributed by atoms with Gasteiger partial charge in [0.1, 0.15) is 10.5 Å². The van der Waals surface area contributed by atoms with Crippen LogP contribution in [0.4, 0.5) is 10.8 Å². The number of oxazole rings is 1. The average Bonchev–Trinajstić information content (AvgIpc) is 3.38. The van der Waals surface area contributed by atoms with Crippen molar-refractivity contribution in [2.75, 3.05) is 18.0 Å². The fourth-order valence-electron chi connectivity index (χ4n) is 4.31. The number of hydrogen-bond donors (Lipinski definition) is 2. The van der Waals surface area contributed by atoms with Crippen molar-refractivity contribution in [3.63, 3.8) is 0 Å². The van der Waals surface area contributed by atoms with Crippen LogP contribution in [0.3, 0.4) is 0 Å². The zero-order chi connectivity index (χ0) is 19.4. The summed E-state index contributed by atoms with van der Waals surface area (Å²) in [6, 6.07) is 4.17. The number of carbonyl (C=O) groups is 1. The number of hydrogen-bond acceptors (Lipinski definition) is 7. The van der Waals surface area contributed by atoms with Crippen LogP contribution in [0.1, 0.15) is 31.4 Å². The van der Waals surface area contributed by atoms with Crippen LogP contribution in [0.25, 0.3) is 21.7 Å². The maximum absolute atomic E-state index is 11.5. The van der Waals surface area contributed by atoms with Gasteiger partial charge >= 0.3 is 6.09 Å². The van der Waals surface area contributed by atoms with Gasteiger partial charge in [-0.3, -0.25) is 4.90 Å². The lowest BCUT2D eigenvalue weighted by molar-refractivity contribution is 0.114. The topological polar surface area (TPSA) is 103 Å². The molecule has 1 amide bonds. The molecule has 2 aromatic heterocycles. The fourth-order valence-corrected chi connectivity index (χ4v) is 4.96. The number of rotatable bonds is 3. The van der Waals surface area contributed by atoms with Gasteiger partial charge in [0.2, 0.25) is 0 Å². The van der Waals surface area contributed by atoms with Gasteiger partial charge in [0, 0.05) is 24.7 Å². The largest absolute Gasteiger partial charge is 0.465 e. The second-order valence-corrected chi connectivity index (χ2v) is 8.30. The average molecular weight is 400 g/mol. The minimum Gasteiger partial charge on any atom is -0.465 e. The first kappa shape index (κ1) is 17.4. The van der Waals surface area contributed by atoms with E-state index in [0.29, 0.717) is 30.2 Å². The van der Waals surface area contributed by atoms with Gasteiger partial charge in [0.25, 0.3) is 6.01 Å². The Balaban J connectivity index is 1.55. The zero-order valence-corrected chi connectivity index (χ0v) is 16.1. The summed E-state index contributed by atoms with van der Waals surface area (Å²) in [7, 11) is 0. The molecule has 0 spiro atoms. The molecule has 3 aromatic rings. The van der Waals surface area contributed by atoms with Crippen LogP contribution in [-0.2, 0) is 0 Å². The summed E-state index contributed by atoms with van der Waals surface area (Å²) >= 11 is 1.50. The van der Waals surface area contributed by atoms with Gasteiger partial charge < -0.3 is 19.5 Å². The lowest BCUT2D eigenvalue weighted by atomic mass is 10.1. The quantitative estimate of drug-likeness (QED) is 0.695. The molecule has 2 N–H and O–H groups in total. The third kappa shape index (κ3) is 2.73. The number of fused-ring (bicyclic) bond motifs is 3. The lowest BCUT2D eigenvalue weighted by Gasteiger charge is -2.38. The molecule has 0 saturated carbocycles. The molecule has 0 aliphatic carbocycles. The molecule has 2 saturated heterocycles. The molecule has 5 rings (SSSR count). The highest BCUT2D eigenvalue weighted by molar-refractivity contribution is 7.13. The number of aliphatic hydroxyl groups excluding tert-OH is 1. The first-order valence-corrected chi connectivity index (χ1v) is 10.2. The number of nitrogens with zero attached hydrogens (tertiary/aromatic N) is 4. The Kier molecular flexibility index (Phi) is 4.02. The number of aromatic nitrogens is 2. The zero-order valence-electron chi connectivity index (χ0n) is 15.3. The molecule has 2 fully saturated rings. The summed E-state index contributed by atoms with van der Waals surface area (Å²) in [4.78, 5) is 24.2. The van der Waals surface area contributed by atoms with Crippen LogP contribution in [0.2, 0.25) is 0 Å². The number of carboxylic acid groups (broad SMARTS) is 1. The van der Waals surface area contributed by atoms with Gasteiger partial charge in [0.05, 0.1) is 23.8 Å². The van der Waals surface area contributed by atoms with Gasteiger partial charge in [0.15, 0.2) is 5.58 Å². The number of anilines is 1. The van der Waals surface area contributed by atoms with Gasteiger partial charge in [-0.15, -0.1) is 11.3 Å². The third-order valence-corrected chi connectivity index (χ3v) is 6.43. The Bertz CT molecular complexity index is 1020. The number of piperazine rings is 1. The number of aliphatic hydroxyl groups is 1. The van der Waals surface area contributed by atoms with Crippen molar-refractivity contribution in [1.82, 2.24) is 14.9 Å². The third-order valence-electron chi connectivity index (χ3n) is 5.62. The summed E-state index contributed by atoms with van der Waals surface area (Å²) in [5.41, 5.74) is 2.89. The Morgan fingerprint density at radius 2 is 2.07 bits per heavy atom. The van der Waals surface area contributed by atoms with Crippen molar-refractivity contribution in [2.45, 2.75) is 38.0 Å². The molecule has 28 heavy (non-hydrogen) atoms. The second kappa shape index (κ2) is 6.46. The Morgan fingerprint density at radius 3 is 2.68 bits per heavy atom. The molecule has 2 aliphatic rings. The molecule has 2 bridgehead atoms. The van der Waals surface area contributed by atoms with E-state index in [9.17, 15) is 15.0 Å². The number of thiazole rings is 1. The Hall–Kier alpha value is -2.65. The van der Waals surface area contributed by atoms with Crippen molar-refractivity contribution in [3.05, 3.63) is 29.3 Å². The normalized spacial score (nSPS) is 22.8. The molecule has 146 valence electrons. The van der Waals surface area contributed by atoms with E-state index in [1.54, 1.807) is 18.0 Å². The number of amides is 1. The van der Waals surface area contributed by atoms with Crippen LogP contribution < -0.4 is 4.90 Å². The minimum absolute atomic E-state index is 0.0299. The van der Waals surface area contributed by atoms with E-state index in [0.717, 1.165) is 29.0 Å². The molecular formula is C19H20N4O4S. The molecule has 4 heterocycles. The van der Waals surface area contributed by atoms with E-state index in [1.165, 1.54) is 11.3 Å². The summed E-state index contributed by atoms with van der Waals surface area (Å²) in [6.07, 6.45) is 1.99. The van der Waals surface area contributed by atoms with Crippen LogP contribution >= 0.6 is 11.3 Å². The molecule has 1 aromatic carbocycles. The summed E-state index contributed by atoms with van der Waals surface area (Å²) in [5.74, 6) is 0. The van der Waals surface area contributed by atoms with Crippen LogP contribution in [0, 0.1) is 0 Å². The van der Waals surface area contributed by atoms with Crippen LogP contribution in [0.5, 0.6) is 0 Å². The van der Waals surface area contributed by atoms with E-state index in [-0.39, 0.29) is 12.1 Å². The predicted molar refractivity (Wildman–Crippen MR) is 105 cm³/mol. The fraction of sp³-hybridized carbons (Fsp3) is 0.421. The molecule has 2 aliphatic heterocycles. The van der Waals surface area contributed by atoms with E-state index < -0.39 is 12.2 Å². The molecule has 9 heteroatoms. The van der Waals surface area contributed by atoms with E-state index >= 15 is 0 Å².